The second-order valence-corrected chi connectivity index (χ2v) is 4.51. The van der Waals surface area contributed by atoms with E-state index in [0.29, 0.717) is 41.0 Å². The van der Waals surface area contributed by atoms with E-state index in [0.717, 1.165) is 0 Å². The van der Waals surface area contributed by atoms with Crippen molar-refractivity contribution in [2.24, 2.45) is 5.84 Å². The van der Waals surface area contributed by atoms with Gasteiger partial charge in [-0.05, 0) is 18.2 Å². The Morgan fingerprint density at radius 1 is 1.50 bits per heavy atom. The van der Waals surface area contributed by atoms with Gasteiger partial charge in [0.05, 0.1) is 11.3 Å². The van der Waals surface area contributed by atoms with Gasteiger partial charge in [-0.25, -0.2) is 0 Å². The van der Waals surface area contributed by atoms with E-state index in [-0.39, 0.29) is 5.91 Å². The van der Waals surface area contributed by atoms with Crippen molar-refractivity contribution in [3.63, 3.8) is 0 Å². The molecule has 8 heteroatoms. The smallest absolute Gasteiger partial charge is 0.253 e. The third kappa shape index (κ3) is 3.46. The maximum atomic E-state index is 12.0. The Labute approximate surface area is 120 Å². The molecule has 0 spiro atoms. The number of benzene rings is 1. The minimum Gasteiger partial charge on any atom is -0.352 e. The second kappa shape index (κ2) is 6.36. The van der Waals surface area contributed by atoms with Gasteiger partial charge in [0.1, 0.15) is 0 Å². The average molecular weight is 296 g/mol. The number of anilines is 1. The second-order valence-electron chi connectivity index (χ2n) is 4.07. The fourth-order valence-corrected chi connectivity index (χ4v) is 1.83. The lowest BCUT2D eigenvalue weighted by Crippen LogP contribution is -2.27. The van der Waals surface area contributed by atoms with Crippen LogP contribution in [-0.4, -0.2) is 22.6 Å². The van der Waals surface area contributed by atoms with E-state index in [1.165, 1.54) is 0 Å². The summed E-state index contributed by atoms with van der Waals surface area (Å²) in [5, 5.41) is 6.95. The molecule has 0 bridgehead atoms. The molecule has 0 aliphatic heterocycles. The van der Waals surface area contributed by atoms with Crippen molar-refractivity contribution in [2.45, 2.75) is 13.3 Å². The molecule has 1 aromatic heterocycles. The molecule has 4 N–H and O–H groups in total. The summed E-state index contributed by atoms with van der Waals surface area (Å²) in [6, 6.07) is 4.83. The summed E-state index contributed by atoms with van der Waals surface area (Å²) in [4.78, 5) is 16.1. The maximum absolute atomic E-state index is 12.0. The maximum Gasteiger partial charge on any atom is 0.253 e. The number of carbonyl (C=O) groups excluding carboxylic acids is 1. The summed E-state index contributed by atoms with van der Waals surface area (Å²) in [6.45, 7) is 2.09. The lowest BCUT2D eigenvalue weighted by Gasteiger charge is -2.09. The molecule has 20 heavy (non-hydrogen) atoms. The van der Waals surface area contributed by atoms with Crippen molar-refractivity contribution < 1.29 is 9.32 Å². The summed E-state index contributed by atoms with van der Waals surface area (Å²) in [5.41, 5.74) is 3.34. The van der Waals surface area contributed by atoms with Crippen LogP contribution < -0.4 is 16.6 Å². The van der Waals surface area contributed by atoms with Crippen LogP contribution in [0.5, 0.6) is 0 Å². The number of amides is 1. The van der Waals surface area contributed by atoms with Crippen LogP contribution in [0.2, 0.25) is 5.02 Å². The normalized spacial score (nSPS) is 10.3. The summed E-state index contributed by atoms with van der Waals surface area (Å²) in [5.74, 6) is 6.12. The molecule has 2 rings (SSSR count). The molecule has 106 valence electrons. The first-order valence-electron chi connectivity index (χ1n) is 5.93. The molecular formula is C12H14ClN5O2. The molecule has 0 radical (unpaired) electrons. The molecule has 0 saturated carbocycles. The highest BCUT2D eigenvalue weighted by molar-refractivity contribution is 6.31. The third-order valence-corrected chi connectivity index (χ3v) is 2.82. The van der Waals surface area contributed by atoms with Crippen LogP contribution in [0, 0.1) is 6.92 Å². The van der Waals surface area contributed by atoms with Gasteiger partial charge in [0, 0.05) is 24.9 Å². The van der Waals surface area contributed by atoms with Gasteiger partial charge in [0.25, 0.3) is 5.91 Å². The fraction of sp³-hybridized carbons (Fsp3) is 0.250. The number of halogens is 1. The Bertz CT molecular complexity index is 614. The molecule has 1 amide bonds. The summed E-state index contributed by atoms with van der Waals surface area (Å²) < 4.78 is 4.84. The van der Waals surface area contributed by atoms with Gasteiger partial charge in [-0.2, -0.15) is 4.98 Å². The molecular weight excluding hydrogens is 282 g/mol. The van der Waals surface area contributed by atoms with Crippen molar-refractivity contribution in [2.75, 3.05) is 12.0 Å². The van der Waals surface area contributed by atoms with Crippen molar-refractivity contribution >= 4 is 23.2 Å². The van der Waals surface area contributed by atoms with E-state index in [1.54, 1.807) is 25.1 Å². The van der Waals surface area contributed by atoms with Crippen LogP contribution >= 0.6 is 11.6 Å². The monoisotopic (exact) mass is 295 g/mol. The predicted octanol–water partition coefficient (Wildman–Crippen LogP) is 1.29. The van der Waals surface area contributed by atoms with E-state index in [2.05, 4.69) is 20.9 Å². The van der Waals surface area contributed by atoms with Crippen LogP contribution in [0.15, 0.2) is 22.7 Å². The summed E-state index contributed by atoms with van der Waals surface area (Å²) in [6.07, 6.45) is 0.481. The lowest BCUT2D eigenvalue weighted by molar-refractivity contribution is 0.0954. The summed E-state index contributed by atoms with van der Waals surface area (Å²) in [7, 11) is 0. The van der Waals surface area contributed by atoms with E-state index in [9.17, 15) is 4.79 Å². The molecule has 0 aliphatic carbocycles. The molecule has 0 unspecified atom stereocenters. The fourth-order valence-electron chi connectivity index (χ4n) is 1.66. The van der Waals surface area contributed by atoms with Crippen molar-refractivity contribution in [3.05, 3.63) is 40.5 Å². The molecule has 2 aromatic rings. The Hall–Kier alpha value is -2.12. The molecule has 0 aliphatic rings. The topological polar surface area (TPSA) is 106 Å². The van der Waals surface area contributed by atoms with Crippen LogP contribution in [0.4, 0.5) is 5.69 Å². The molecule has 0 fully saturated rings. The number of nitrogens with two attached hydrogens (primary N) is 1. The van der Waals surface area contributed by atoms with Gasteiger partial charge in [-0.1, -0.05) is 16.8 Å². The van der Waals surface area contributed by atoms with Gasteiger partial charge < -0.3 is 15.3 Å². The molecule has 7 nitrogen and oxygen atoms in total. The number of hydrazine groups is 1. The minimum atomic E-state index is -0.277. The Balaban J connectivity index is 1.96. The lowest BCUT2D eigenvalue weighted by atomic mass is 10.1. The van der Waals surface area contributed by atoms with Crippen LogP contribution in [0.3, 0.4) is 0 Å². The number of hydrogen-bond acceptors (Lipinski definition) is 6. The highest BCUT2D eigenvalue weighted by atomic mass is 35.5. The number of hydrogen-bond donors (Lipinski definition) is 3. The molecule has 1 aromatic carbocycles. The number of nitrogen functional groups attached to an aromatic ring is 1. The van der Waals surface area contributed by atoms with E-state index < -0.39 is 0 Å². The first kappa shape index (κ1) is 14.3. The Morgan fingerprint density at radius 2 is 2.30 bits per heavy atom. The molecule has 1 heterocycles. The number of rotatable bonds is 5. The predicted molar refractivity (Wildman–Crippen MR) is 74.3 cm³/mol. The first-order chi connectivity index (χ1) is 9.60. The standard InChI is InChI=1S/C12H14ClN5O2/c1-7-16-11(18-20-7)4-5-15-12(19)9-6-8(13)2-3-10(9)17-14/h2-3,6,17H,4-5,14H2,1H3,(H,15,19). The molecule has 0 saturated heterocycles. The van der Waals surface area contributed by atoms with Gasteiger partial charge >= 0.3 is 0 Å². The highest BCUT2D eigenvalue weighted by Gasteiger charge is 2.11. The zero-order valence-corrected chi connectivity index (χ0v) is 11.6. The van der Waals surface area contributed by atoms with Gasteiger partial charge in [-0.3, -0.25) is 10.6 Å². The van der Waals surface area contributed by atoms with E-state index in [4.69, 9.17) is 22.0 Å². The first-order valence-corrected chi connectivity index (χ1v) is 6.31. The third-order valence-electron chi connectivity index (χ3n) is 2.59. The number of nitrogens with one attached hydrogen (secondary N) is 2. The van der Waals surface area contributed by atoms with Crippen LogP contribution in [-0.2, 0) is 6.42 Å². The quantitative estimate of drug-likeness (QED) is 0.567. The molecule has 0 atom stereocenters. The number of aromatic nitrogens is 2. The Morgan fingerprint density at radius 3 is 2.95 bits per heavy atom. The van der Waals surface area contributed by atoms with Crippen LogP contribution in [0.1, 0.15) is 22.1 Å². The van der Waals surface area contributed by atoms with Crippen LogP contribution in [0.25, 0.3) is 0 Å². The van der Waals surface area contributed by atoms with Crippen molar-refractivity contribution in [3.8, 4) is 0 Å². The SMILES string of the molecule is Cc1nc(CCNC(=O)c2cc(Cl)ccc2NN)no1. The number of aryl methyl sites for hydroxylation is 1. The van der Waals surface area contributed by atoms with Gasteiger partial charge in [-0.15, -0.1) is 0 Å². The zero-order valence-electron chi connectivity index (χ0n) is 10.8. The van der Waals surface area contributed by atoms with E-state index in [1.807, 2.05) is 0 Å². The van der Waals surface area contributed by atoms with Crippen molar-refractivity contribution in [1.29, 1.82) is 0 Å². The number of nitrogens with zero attached hydrogens (tertiary/aromatic N) is 2. The van der Waals surface area contributed by atoms with Crippen molar-refractivity contribution in [1.82, 2.24) is 15.5 Å². The largest absolute Gasteiger partial charge is 0.352 e. The zero-order chi connectivity index (χ0) is 14.5. The van der Waals surface area contributed by atoms with E-state index >= 15 is 0 Å². The number of carbonyl (C=O) groups is 1. The summed E-state index contributed by atoms with van der Waals surface area (Å²) >= 11 is 5.87. The minimum absolute atomic E-state index is 0.277. The average Bonchev–Trinajstić information content (AvgIpc) is 2.84. The van der Waals surface area contributed by atoms with Gasteiger partial charge in [0.15, 0.2) is 5.82 Å². The van der Waals surface area contributed by atoms with Gasteiger partial charge in [0.2, 0.25) is 5.89 Å². The Kier molecular flexibility index (Phi) is 4.54. The highest BCUT2D eigenvalue weighted by Crippen LogP contribution is 2.19.